The van der Waals surface area contributed by atoms with Crippen molar-refractivity contribution in [2.45, 2.75) is 0 Å². The highest BCUT2D eigenvalue weighted by Crippen LogP contribution is 2.33. The Labute approximate surface area is 119 Å². The van der Waals surface area contributed by atoms with Gasteiger partial charge < -0.3 is 14.9 Å². The van der Waals surface area contributed by atoms with Crippen LogP contribution < -0.4 is 9.84 Å². The van der Waals surface area contributed by atoms with Crippen LogP contribution in [0.1, 0.15) is 26.3 Å². The average Bonchev–Trinajstić information content (AvgIpc) is 2.75. The van der Waals surface area contributed by atoms with Crippen LogP contribution >= 0.6 is 0 Å². The molecular formula is C16H9O5-. The zero-order chi connectivity index (χ0) is 15.0. The second-order valence-electron chi connectivity index (χ2n) is 4.52. The first-order valence-corrected chi connectivity index (χ1v) is 6.13. The lowest BCUT2D eigenvalue weighted by Gasteiger charge is -2.05. The van der Waals surface area contributed by atoms with Crippen LogP contribution in [0, 0.1) is 0 Å². The van der Waals surface area contributed by atoms with Crippen LogP contribution in [0.25, 0.3) is 6.08 Å². The SMILES string of the molecule is O=C(O)c1ccc(/C=C2\Oc3cc([O-])ccc3C2=O)cc1. The standard InChI is InChI=1S/C16H10O5/c17-11-5-6-12-13(8-11)21-14(15(12)18)7-9-1-3-10(4-2-9)16(19)20/h1-8,17H,(H,19,20)/p-1/b14-7-. The average molecular weight is 281 g/mol. The maximum absolute atomic E-state index is 12.1. The van der Waals surface area contributed by atoms with Gasteiger partial charge in [0.25, 0.3) is 0 Å². The van der Waals surface area contributed by atoms with Crippen molar-refractivity contribution in [2.75, 3.05) is 0 Å². The van der Waals surface area contributed by atoms with Crippen LogP contribution in [0.3, 0.4) is 0 Å². The number of carboxylic acids is 1. The van der Waals surface area contributed by atoms with Gasteiger partial charge in [-0.2, -0.15) is 0 Å². The van der Waals surface area contributed by atoms with E-state index in [0.717, 1.165) is 0 Å². The molecule has 0 aromatic heterocycles. The van der Waals surface area contributed by atoms with E-state index >= 15 is 0 Å². The first-order valence-electron chi connectivity index (χ1n) is 6.13. The van der Waals surface area contributed by atoms with Crippen molar-refractivity contribution < 1.29 is 24.5 Å². The molecule has 0 fully saturated rings. The first-order chi connectivity index (χ1) is 10.0. The first kappa shape index (κ1) is 12.9. The van der Waals surface area contributed by atoms with Gasteiger partial charge in [0.2, 0.25) is 5.78 Å². The number of ether oxygens (including phenoxy) is 1. The molecule has 1 N–H and O–H groups in total. The van der Waals surface area contributed by atoms with Crippen molar-refractivity contribution in [3.05, 3.63) is 64.9 Å². The lowest BCUT2D eigenvalue weighted by atomic mass is 10.1. The summed E-state index contributed by atoms with van der Waals surface area (Å²) in [6.07, 6.45) is 1.51. The predicted molar refractivity (Wildman–Crippen MR) is 72.2 cm³/mol. The van der Waals surface area contributed by atoms with Crippen molar-refractivity contribution in [3.8, 4) is 11.5 Å². The van der Waals surface area contributed by atoms with E-state index in [2.05, 4.69) is 0 Å². The highest BCUT2D eigenvalue weighted by atomic mass is 16.5. The molecule has 1 heterocycles. The summed E-state index contributed by atoms with van der Waals surface area (Å²) in [6.45, 7) is 0. The normalized spacial score (nSPS) is 14.9. The van der Waals surface area contributed by atoms with Crippen molar-refractivity contribution in [1.29, 1.82) is 0 Å². The molecule has 104 valence electrons. The van der Waals surface area contributed by atoms with Gasteiger partial charge in [-0.15, -0.1) is 5.75 Å². The van der Waals surface area contributed by atoms with Crippen LogP contribution in [0.5, 0.6) is 11.5 Å². The summed E-state index contributed by atoms with van der Waals surface area (Å²) in [4.78, 5) is 22.9. The molecule has 1 aliphatic rings. The molecular weight excluding hydrogens is 272 g/mol. The molecule has 0 aliphatic carbocycles. The van der Waals surface area contributed by atoms with Crippen LogP contribution in [-0.2, 0) is 0 Å². The number of benzene rings is 2. The van der Waals surface area contributed by atoms with Crippen LogP contribution in [0.15, 0.2) is 48.2 Å². The molecule has 5 heteroatoms. The molecule has 21 heavy (non-hydrogen) atoms. The zero-order valence-electron chi connectivity index (χ0n) is 10.7. The highest BCUT2D eigenvalue weighted by molar-refractivity contribution is 6.14. The van der Waals surface area contributed by atoms with E-state index in [4.69, 9.17) is 9.84 Å². The third-order valence-corrected chi connectivity index (χ3v) is 3.10. The number of ketones is 1. The molecule has 0 spiro atoms. The Kier molecular flexibility index (Phi) is 2.95. The number of hydrogen-bond acceptors (Lipinski definition) is 4. The van der Waals surface area contributed by atoms with E-state index in [1.807, 2.05) is 0 Å². The minimum absolute atomic E-state index is 0.110. The maximum Gasteiger partial charge on any atom is 0.335 e. The van der Waals surface area contributed by atoms with Crippen molar-refractivity contribution >= 4 is 17.8 Å². The molecule has 1 aliphatic heterocycles. The minimum atomic E-state index is -1.02. The van der Waals surface area contributed by atoms with Gasteiger partial charge in [0.15, 0.2) is 5.76 Å². The molecule has 0 atom stereocenters. The minimum Gasteiger partial charge on any atom is -0.872 e. The van der Waals surface area contributed by atoms with Gasteiger partial charge in [0.05, 0.1) is 11.1 Å². The van der Waals surface area contributed by atoms with Crippen molar-refractivity contribution in [3.63, 3.8) is 0 Å². The second kappa shape index (κ2) is 4.79. The topological polar surface area (TPSA) is 86.7 Å². The number of fused-ring (bicyclic) bond motifs is 1. The molecule has 0 saturated heterocycles. The van der Waals surface area contributed by atoms with Crippen LogP contribution in [0.4, 0.5) is 0 Å². The maximum atomic E-state index is 12.1. The third kappa shape index (κ3) is 2.36. The number of carbonyl (C=O) groups excluding carboxylic acids is 1. The number of allylic oxidation sites excluding steroid dienone is 1. The molecule has 0 radical (unpaired) electrons. The van der Waals surface area contributed by atoms with Gasteiger partial charge in [-0.1, -0.05) is 18.2 Å². The fourth-order valence-electron chi connectivity index (χ4n) is 2.04. The van der Waals surface area contributed by atoms with Crippen LogP contribution in [0.2, 0.25) is 0 Å². The summed E-state index contributed by atoms with van der Waals surface area (Å²) in [5.41, 5.74) is 1.15. The third-order valence-electron chi connectivity index (χ3n) is 3.10. The summed E-state index contributed by atoms with van der Waals surface area (Å²) >= 11 is 0. The molecule has 0 amide bonds. The molecule has 5 nitrogen and oxygen atoms in total. The van der Waals surface area contributed by atoms with Gasteiger partial charge in [-0.3, -0.25) is 4.79 Å². The van der Waals surface area contributed by atoms with Gasteiger partial charge >= 0.3 is 5.97 Å². The van der Waals surface area contributed by atoms with Crippen molar-refractivity contribution in [1.82, 2.24) is 0 Å². The Morgan fingerprint density at radius 3 is 2.52 bits per heavy atom. The smallest absolute Gasteiger partial charge is 0.335 e. The summed E-state index contributed by atoms with van der Waals surface area (Å²) in [5, 5.41) is 20.1. The quantitative estimate of drug-likeness (QED) is 0.851. The number of Topliss-reactive ketones (excluding diaryl/α,β-unsaturated/α-hetero) is 1. The Bertz CT molecular complexity index is 772. The van der Waals surface area contributed by atoms with E-state index in [1.165, 1.54) is 36.4 Å². The fraction of sp³-hybridized carbons (Fsp3) is 0. The van der Waals surface area contributed by atoms with E-state index < -0.39 is 5.97 Å². The molecule has 2 aromatic carbocycles. The number of carbonyl (C=O) groups is 2. The number of carboxylic acid groups (broad SMARTS) is 1. The number of hydrogen-bond donors (Lipinski definition) is 1. The Balaban J connectivity index is 1.92. The molecule has 2 aromatic rings. The lowest BCUT2D eigenvalue weighted by Crippen LogP contribution is -1.98. The fourth-order valence-corrected chi connectivity index (χ4v) is 2.04. The number of aromatic carboxylic acids is 1. The molecule has 0 unspecified atom stereocenters. The van der Waals surface area contributed by atoms with Crippen LogP contribution in [-0.4, -0.2) is 16.9 Å². The Morgan fingerprint density at radius 2 is 1.86 bits per heavy atom. The van der Waals surface area contributed by atoms with E-state index in [1.54, 1.807) is 12.1 Å². The Hall–Kier alpha value is -3.08. The summed E-state index contributed by atoms with van der Waals surface area (Å²) in [5.74, 6) is -1.18. The van der Waals surface area contributed by atoms with Gasteiger partial charge in [-0.05, 0) is 35.9 Å². The van der Waals surface area contributed by atoms with Gasteiger partial charge in [-0.25, -0.2) is 4.79 Å². The van der Waals surface area contributed by atoms with E-state index in [9.17, 15) is 14.7 Å². The highest BCUT2D eigenvalue weighted by Gasteiger charge is 2.26. The monoisotopic (exact) mass is 281 g/mol. The molecule has 3 rings (SSSR count). The second-order valence-corrected chi connectivity index (χ2v) is 4.52. The van der Waals surface area contributed by atoms with E-state index in [0.29, 0.717) is 11.1 Å². The van der Waals surface area contributed by atoms with Gasteiger partial charge in [0, 0.05) is 0 Å². The summed E-state index contributed by atoms with van der Waals surface area (Å²) in [6, 6.07) is 10.1. The molecule has 0 bridgehead atoms. The summed E-state index contributed by atoms with van der Waals surface area (Å²) in [7, 11) is 0. The Morgan fingerprint density at radius 1 is 1.14 bits per heavy atom. The zero-order valence-corrected chi connectivity index (χ0v) is 10.7. The molecule has 0 saturated carbocycles. The van der Waals surface area contributed by atoms with Crippen molar-refractivity contribution in [2.24, 2.45) is 0 Å². The van der Waals surface area contributed by atoms with Gasteiger partial charge in [0.1, 0.15) is 5.75 Å². The number of rotatable bonds is 2. The lowest BCUT2D eigenvalue weighted by molar-refractivity contribution is -0.268. The largest absolute Gasteiger partial charge is 0.872 e. The predicted octanol–water partition coefficient (Wildman–Crippen LogP) is 2.07. The van der Waals surface area contributed by atoms with E-state index in [-0.39, 0.29) is 28.6 Å². The summed E-state index contributed by atoms with van der Waals surface area (Å²) < 4.78 is 5.38.